The van der Waals surface area contributed by atoms with E-state index in [2.05, 4.69) is 6.92 Å². The molecular weight excluding hydrogens is 306 g/mol. The van der Waals surface area contributed by atoms with Gasteiger partial charge in [0.1, 0.15) is 6.54 Å². The highest BCUT2D eigenvalue weighted by Crippen LogP contribution is 2.10. The second-order valence-corrected chi connectivity index (χ2v) is 6.12. The summed E-state index contributed by atoms with van der Waals surface area (Å²) in [5.41, 5.74) is 0. The van der Waals surface area contributed by atoms with E-state index in [1.807, 2.05) is 6.92 Å². The first-order valence-electron chi connectivity index (χ1n) is 9.72. The molecule has 1 amide bonds. The molecular formula is C19H37NO4. The van der Waals surface area contributed by atoms with Crippen LogP contribution in [0.4, 0.5) is 4.79 Å². The lowest BCUT2D eigenvalue weighted by molar-refractivity contribution is -0.144. The van der Waals surface area contributed by atoms with Crippen molar-refractivity contribution in [3.63, 3.8) is 0 Å². The van der Waals surface area contributed by atoms with Gasteiger partial charge in [0.2, 0.25) is 0 Å². The fraction of sp³-hybridized carbons (Fsp3) is 0.895. The minimum absolute atomic E-state index is 0.0346. The predicted octanol–water partition coefficient (Wildman–Crippen LogP) is 4.93. The largest absolute Gasteiger partial charge is 0.464 e. The standard InChI is InChI=1S/C19H37NO4/c1-4-7-8-9-10-11-12-13-14-15-16-24-18(21)17-20(5-2)19(22)23-6-3/h4-17H2,1-3H3. The maximum absolute atomic E-state index is 11.7. The molecule has 5 heteroatoms. The van der Waals surface area contributed by atoms with Crippen molar-refractivity contribution in [2.75, 3.05) is 26.3 Å². The van der Waals surface area contributed by atoms with Gasteiger partial charge in [-0.3, -0.25) is 9.69 Å². The van der Waals surface area contributed by atoms with Crippen LogP contribution in [-0.2, 0) is 14.3 Å². The van der Waals surface area contributed by atoms with Gasteiger partial charge >= 0.3 is 12.1 Å². The SMILES string of the molecule is CCCCCCCCCCCCOC(=O)CN(CC)C(=O)OCC. The van der Waals surface area contributed by atoms with Crippen molar-refractivity contribution in [3.8, 4) is 0 Å². The minimum Gasteiger partial charge on any atom is -0.464 e. The monoisotopic (exact) mass is 343 g/mol. The number of hydrogen-bond acceptors (Lipinski definition) is 4. The zero-order valence-corrected chi connectivity index (χ0v) is 16.0. The maximum Gasteiger partial charge on any atom is 0.410 e. The number of hydrogen-bond donors (Lipinski definition) is 0. The molecule has 0 aliphatic heterocycles. The summed E-state index contributed by atoms with van der Waals surface area (Å²) in [7, 11) is 0. The Morgan fingerprint density at radius 3 is 1.79 bits per heavy atom. The van der Waals surface area contributed by atoms with Gasteiger partial charge in [0.15, 0.2) is 0 Å². The number of likely N-dealkylation sites (N-methyl/N-ethyl adjacent to an activating group) is 1. The molecule has 0 rings (SSSR count). The van der Waals surface area contributed by atoms with Gasteiger partial charge in [0.25, 0.3) is 0 Å². The molecule has 0 saturated heterocycles. The van der Waals surface area contributed by atoms with Gasteiger partial charge in [-0.1, -0.05) is 64.7 Å². The lowest BCUT2D eigenvalue weighted by atomic mass is 10.1. The van der Waals surface area contributed by atoms with Gasteiger partial charge in [-0.25, -0.2) is 4.79 Å². The topological polar surface area (TPSA) is 55.8 Å². The van der Waals surface area contributed by atoms with Crippen molar-refractivity contribution in [1.29, 1.82) is 0 Å². The molecule has 0 radical (unpaired) electrons. The van der Waals surface area contributed by atoms with Crippen LogP contribution in [0.5, 0.6) is 0 Å². The van der Waals surface area contributed by atoms with Gasteiger partial charge in [-0.2, -0.15) is 0 Å². The minimum atomic E-state index is -0.462. The summed E-state index contributed by atoms with van der Waals surface area (Å²) in [5, 5.41) is 0. The summed E-state index contributed by atoms with van der Waals surface area (Å²) in [6.45, 7) is 6.95. The summed E-state index contributed by atoms with van der Waals surface area (Å²) in [5.74, 6) is -0.360. The van der Waals surface area contributed by atoms with E-state index in [0.717, 1.165) is 12.8 Å². The normalized spacial score (nSPS) is 10.5. The van der Waals surface area contributed by atoms with Crippen LogP contribution in [0.2, 0.25) is 0 Å². The van der Waals surface area contributed by atoms with Crippen LogP contribution in [-0.4, -0.2) is 43.3 Å². The van der Waals surface area contributed by atoms with E-state index >= 15 is 0 Å². The predicted molar refractivity (Wildman–Crippen MR) is 97.1 cm³/mol. The Labute approximate surface area is 148 Å². The average molecular weight is 344 g/mol. The molecule has 24 heavy (non-hydrogen) atoms. The van der Waals surface area contributed by atoms with Gasteiger partial charge < -0.3 is 9.47 Å². The third-order valence-corrected chi connectivity index (χ3v) is 3.99. The number of rotatable bonds is 15. The van der Waals surface area contributed by atoms with Gasteiger partial charge in [0, 0.05) is 6.54 Å². The number of unbranched alkanes of at least 4 members (excludes halogenated alkanes) is 9. The van der Waals surface area contributed by atoms with Crippen LogP contribution in [0.15, 0.2) is 0 Å². The fourth-order valence-corrected chi connectivity index (χ4v) is 2.50. The summed E-state index contributed by atoms with van der Waals surface area (Å²) in [6.07, 6.45) is 12.0. The molecule has 142 valence electrons. The Bertz CT molecular complexity index is 320. The Balaban J connectivity index is 3.50. The molecule has 0 aliphatic carbocycles. The third-order valence-electron chi connectivity index (χ3n) is 3.99. The van der Waals surface area contributed by atoms with Crippen molar-refractivity contribution < 1.29 is 19.1 Å². The van der Waals surface area contributed by atoms with Crippen LogP contribution in [0.1, 0.15) is 85.0 Å². The molecule has 0 N–H and O–H groups in total. The molecule has 0 aliphatic rings. The van der Waals surface area contributed by atoms with Crippen LogP contribution < -0.4 is 0 Å². The molecule has 0 aromatic carbocycles. The number of carbonyl (C=O) groups is 2. The first kappa shape index (κ1) is 22.7. The zero-order valence-electron chi connectivity index (χ0n) is 16.0. The first-order valence-corrected chi connectivity index (χ1v) is 9.72. The fourth-order valence-electron chi connectivity index (χ4n) is 2.50. The van der Waals surface area contributed by atoms with E-state index in [4.69, 9.17) is 9.47 Å². The number of ether oxygens (including phenoxy) is 2. The molecule has 0 heterocycles. The zero-order chi connectivity index (χ0) is 18.0. The third kappa shape index (κ3) is 13.2. The number of amides is 1. The number of esters is 1. The summed E-state index contributed by atoms with van der Waals surface area (Å²) < 4.78 is 10.1. The molecule has 0 spiro atoms. The smallest absolute Gasteiger partial charge is 0.410 e. The molecule has 0 unspecified atom stereocenters. The summed E-state index contributed by atoms with van der Waals surface area (Å²) >= 11 is 0. The van der Waals surface area contributed by atoms with Crippen LogP contribution >= 0.6 is 0 Å². The molecule has 0 fully saturated rings. The molecule has 0 aromatic rings. The van der Waals surface area contributed by atoms with E-state index < -0.39 is 6.09 Å². The maximum atomic E-state index is 11.7. The van der Waals surface area contributed by atoms with E-state index in [-0.39, 0.29) is 12.5 Å². The van der Waals surface area contributed by atoms with Crippen molar-refractivity contribution in [2.24, 2.45) is 0 Å². The van der Waals surface area contributed by atoms with E-state index in [0.29, 0.717) is 19.8 Å². The molecule has 0 atom stereocenters. The number of nitrogens with zero attached hydrogens (tertiary/aromatic N) is 1. The highest BCUT2D eigenvalue weighted by atomic mass is 16.6. The second kappa shape index (κ2) is 16.6. The highest BCUT2D eigenvalue weighted by molar-refractivity contribution is 5.78. The Kier molecular flexibility index (Phi) is 15.7. The second-order valence-electron chi connectivity index (χ2n) is 6.12. The van der Waals surface area contributed by atoms with E-state index in [9.17, 15) is 9.59 Å². The summed E-state index contributed by atoms with van der Waals surface area (Å²) in [4.78, 5) is 24.6. The average Bonchev–Trinajstić information content (AvgIpc) is 2.57. The van der Waals surface area contributed by atoms with Gasteiger partial charge in [0.05, 0.1) is 13.2 Å². The van der Waals surface area contributed by atoms with Crippen LogP contribution in [0, 0.1) is 0 Å². The van der Waals surface area contributed by atoms with Crippen molar-refractivity contribution >= 4 is 12.1 Å². The quantitative estimate of drug-likeness (QED) is 0.312. The van der Waals surface area contributed by atoms with Crippen LogP contribution in [0.3, 0.4) is 0 Å². The lowest BCUT2D eigenvalue weighted by Gasteiger charge is -2.18. The molecule has 0 saturated carbocycles. The van der Waals surface area contributed by atoms with Crippen LogP contribution in [0.25, 0.3) is 0 Å². The lowest BCUT2D eigenvalue weighted by Crippen LogP contribution is -2.36. The van der Waals surface area contributed by atoms with E-state index in [1.165, 1.54) is 56.3 Å². The van der Waals surface area contributed by atoms with E-state index in [1.54, 1.807) is 6.92 Å². The Morgan fingerprint density at radius 1 is 0.750 bits per heavy atom. The molecule has 0 bridgehead atoms. The highest BCUT2D eigenvalue weighted by Gasteiger charge is 2.16. The molecule has 0 aromatic heterocycles. The molecule has 5 nitrogen and oxygen atoms in total. The Morgan fingerprint density at radius 2 is 1.29 bits per heavy atom. The van der Waals surface area contributed by atoms with Crippen molar-refractivity contribution in [2.45, 2.75) is 85.0 Å². The van der Waals surface area contributed by atoms with Gasteiger partial charge in [-0.05, 0) is 20.3 Å². The van der Waals surface area contributed by atoms with Gasteiger partial charge in [-0.15, -0.1) is 0 Å². The number of carbonyl (C=O) groups excluding carboxylic acids is 2. The van der Waals surface area contributed by atoms with Crippen molar-refractivity contribution in [1.82, 2.24) is 4.90 Å². The summed E-state index contributed by atoms with van der Waals surface area (Å²) in [6, 6.07) is 0. The Hall–Kier alpha value is -1.26. The van der Waals surface area contributed by atoms with Crippen molar-refractivity contribution in [3.05, 3.63) is 0 Å². The first-order chi connectivity index (χ1) is 11.7.